The number of ether oxygens (including phenoxy) is 2. The lowest BCUT2D eigenvalue weighted by Crippen LogP contribution is -2.19. The molecule has 1 aromatic rings. The molecule has 0 aliphatic carbocycles. The predicted octanol–water partition coefficient (Wildman–Crippen LogP) is 0.569. The molecule has 0 saturated carbocycles. The Morgan fingerprint density at radius 1 is 1.64 bits per heavy atom. The fourth-order valence-corrected chi connectivity index (χ4v) is 1.63. The summed E-state index contributed by atoms with van der Waals surface area (Å²) in [6.07, 6.45) is 0.712. The second kappa shape index (κ2) is 3.61. The summed E-state index contributed by atoms with van der Waals surface area (Å²) in [5.41, 5.74) is 1.12. The molecular weight excluding hydrogens is 182 g/mol. The van der Waals surface area contributed by atoms with Crippen LogP contribution >= 0.6 is 0 Å². The van der Waals surface area contributed by atoms with Crippen LogP contribution in [0.2, 0.25) is 0 Å². The van der Waals surface area contributed by atoms with E-state index in [1.807, 2.05) is 0 Å². The molecule has 1 aromatic carbocycles. The van der Waals surface area contributed by atoms with E-state index < -0.39 is 5.82 Å². The van der Waals surface area contributed by atoms with Crippen LogP contribution in [0.5, 0.6) is 5.75 Å². The highest BCUT2D eigenvalue weighted by Gasteiger charge is 2.23. The minimum Gasteiger partial charge on any atom is -0.487 e. The summed E-state index contributed by atoms with van der Waals surface area (Å²) in [4.78, 5) is 0. The van der Waals surface area contributed by atoms with Gasteiger partial charge in [0, 0.05) is 19.6 Å². The average molecular weight is 192 g/mol. The van der Waals surface area contributed by atoms with Gasteiger partial charge in [-0.2, -0.15) is 0 Å². The molecule has 4 heteroatoms. The van der Waals surface area contributed by atoms with E-state index in [1.54, 1.807) is 13.2 Å². The first kappa shape index (κ1) is 9.53. The van der Waals surface area contributed by atoms with E-state index in [0.717, 1.165) is 12.0 Å². The third kappa shape index (κ3) is 1.62. The number of methoxy groups -OCH3 is 1. The van der Waals surface area contributed by atoms with Crippen molar-refractivity contribution in [3.8, 4) is 5.75 Å². The molecule has 0 aromatic heterocycles. The van der Waals surface area contributed by atoms with Gasteiger partial charge in [0.1, 0.15) is 25.5 Å². The van der Waals surface area contributed by atoms with Gasteiger partial charge in [-0.25, -0.2) is 4.39 Å². The van der Waals surface area contributed by atoms with Crippen molar-refractivity contribution in [2.75, 3.05) is 13.7 Å². The number of hydrogen-bond acceptors (Lipinski definition) is 2. The molecule has 2 nitrogen and oxygen atoms in total. The van der Waals surface area contributed by atoms with E-state index in [4.69, 9.17) is 17.3 Å². The zero-order valence-electron chi connectivity index (χ0n) is 7.92. The van der Waals surface area contributed by atoms with Gasteiger partial charge in [-0.15, -0.1) is 0 Å². The molecule has 0 saturated heterocycles. The monoisotopic (exact) mass is 192 g/mol. The van der Waals surface area contributed by atoms with Gasteiger partial charge in [-0.05, 0) is 5.56 Å². The molecule has 0 amide bonds. The van der Waals surface area contributed by atoms with Crippen LogP contribution in [-0.2, 0) is 11.2 Å². The number of rotatable bonds is 2. The molecule has 0 N–H and O–H groups in total. The lowest BCUT2D eigenvalue weighted by atomic mass is 9.92. The van der Waals surface area contributed by atoms with Gasteiger partial charge in [0.05, 0.1) is 6.61 Å². The number of hydrogen-bond donors (Lipinski definition) is 0. The molecule has 0 bridgehead atoms. The first-order chi connectivity index (χ1) is 6.70. The van der Waals surface area contributed by atoms with E-state index in [1.165, 1.54) is 6.07 Å². The minimum atomic E-state index is -0.429. The molecule has 0 fully saturated rings. The average Bonchev–Trinajstić information content (AvgIpc) is 2.48. The summed E-state index contributed by atoms with van der Waals surface area (Å²) in [5, 5.41) is 0. The summed E-state index contributed by atoms with van der Waals surface area (Å²) in [7, 11) is 7.06. The van der Waals surface area contributed by atoms with Gasteiger partial charge in [0.25, 0.3) is 0 Å². The number of benzene rings is 1. The van der Waals surface area contributed by atoms with Gasteiger partial charge < -0.3 is 9.47 Å². The molecule has 2 rings (SSSR count). The Hall–Kier alpha value is -1.03. The molecule has 0 spiro atoms. The molecule has 1 atom stereocenters. The highest BCUT2D eigenvalue weighted by molar-refractivity contribution is 6.32. The van der Waals surface area contributed by atoms with Crippen LogP contribution in [0.4, 0.5) is 4.39 Å². The lowest BCUT2D eigenvalue weighted by Gasteiger charge is -2.08. The molecule has 2 radical (unpaired) electrons. The highest BCUT2D eigenvalue weighted by Crippen LogP contribution is 2.28. The van der Waals surface area contributed by atoms with E-state index >= 15 is 0 Å². The van der Waals surface area contributed by atoms with Crippen LogP contribution in [0, 0.1) is 5.82 Å². The Bertz CT molecular complexity index is 323. The van der Waals surface area contributed by atoms with Crippen LogP contribution in [0.3, 0.4) is 0 Å². The van der Waals surface area contributed by atoms with Crippen molar-refractivity contribution in [3.05, 3.63) is 23.5 Å². The Morgan fingerprint density at radius 2 is 2.43 bits per heavy atom. The maximum Gasteiger partial charge on any atom is 0.126 e. The summed E-state index contributed by atoms with van der Waals surface area (Å²) in [6.45, 7) is 0.510. The normalized spacial score (nSPS) is 19.1. The van der Waals surface area contributed by atoms with E-state index in [2.05, 4.69) is 0 Å². The van der Waals surface area contributed by atoms with E-state index in [9.17, 15) is 4.39 Å². The quantitative estimate of drug-likeness (QED) is 0.637. The van der Waals surface area contributed by atoms with Crippen molar-refractivity contribution in [2.45, 2.75) is 12.5 Å². The van der Waals surface area contributed by atoms with Crippen LogP contribution in [0.15, 0.2) is 12.1 Å². The summed E-state index contributed by atoms with van der Waals surface area (Å²) in [6, 6.07) is 2.96. The summed E-state index contributed by atoms with van der Waals surface area (Å²) in [5.74, 6) is 0.153. The summed E-state index contributed by atoms with van der Waals surface area (Å²) < 4.78 is 23.5. The van der Waals surface area contributed by atoms with Crippen molar-refractivity contribution in [1.29, 1.82) is 0 Å². The Kier molecular flexibility index (Phi) is 2.46. The van der Waals surface area contributed by atoms with Gasteiger partial charge >= 0.3 is 0 Å². The molecule has 14 heavy (non-hydrogen) atoms. The zero-order valence-corrected chi connectivity index (χ0v) is 7.92. The molecule has 1 aliphatic rings. The van der Waals surface area contributed by atoms with Crippen LogP contribution in [-0.4, -0.2) is 27.7 Å². The highest BCUT2D eigenvalue weighted by atomic mass is 19.1. The zero-order chi connectivity index (χ0) is 10.1. The second-order valence-corrected chi connectivity index (χ2v) is 3.38. The van der Waals surface area contributed by atoms with Crippen LogP contribution < -0.4 is 10.2 Å². The van der Waals surface area contributed by atoms with Gasteiger partial charge in [0.2, 0.25) is 0 Å². The van der Waals surface area contributed by atoms with Crippen molar-refractivity contribution < 1.29 is 13.9 Å². The van der Waals surface area contributed by atoms with Crippen molar-refractivity contribution in [3.63, 3.8) is 0 Å². The predicted molar refractivity (Wildman–Crippen MR) is 51.8 cm³/mol. The summed E-state index contributed by atoms with van der Waals surface area (Å²) >= 11 is 0. The maximum absolute atomic E-state index is 13.1. The number of fused-ring (bicyclic) bond motifs is 1. The Labute approximate surface area is 83.4 Å². The van der Waals surface area contributed by atoms with Gasteiger partial charge in [-0.3, -0.25) is 0 Å². The smallest absolute Gasteiger partial charge is 0.126 e. The van der Waals surface area contributed by atoms with Crippen molar-refractivity contribution in [1.82, 2.24) is 0 Å². The Morgan fingerprint density at radius 3 is 3.14 bits per heavy atom. The molecule has 1 heterocycles. The standard InChI is InChI=1S/C10H10BFO2/c1-13-5-7-2-6-3-8(11)9(12)4-10(6)14-7/h3-4,7H,2,5H2,1H3. The third-order valence-corrected chi connectivity index (χ3v) is 2.27. The van der Waals surface area contributed by atoms with Crippen LogP contribution in [0.1, 0.15) is 5.56 Å². The van der Waals surface area contributed by atoms with E-state index in [0.29, 0.717) is 12.4 Å². The number of halogens is 1. The topological polar surface area (TPSA) is 18.5 Å². The molecule has 1 aliphatic heterocycles. The van der Waals surface area contributed by atoms with E-state index in [-0.39, 0.29) is 11.6 Å². The molecule has 1 unspecified atom stereocenters. The minimum absolute atomic E-state index is 0.0174. The lowest BCUT2D eigenvalue weighted by molar-refractivity contribution is 0.0950. The molecule has 72 valence electrons. The first-order valence-electron chi connectivity index (χ1n) is 4.44. The Balaban J connectivity index is 2.23. The fourth-order valence-electron chi connectivity index (χ4n) is 1.63. The molecular formula is C10H10BFO2. The second-order valence-electron chi connectivity index (χ2n) is 3.38. The van der Waals surface area contributed by atoms with Crippen molar-refractivity contribution >= 4 is 13.3 Å². The van der Waals surface area contributed by atoms with Crippen LogP contribution in [0.25, 0.3) is 0 Å². The first-order valence-corrected chi connectivity index (χ1v) is 4.44. The largest absolute Gasteiger partial charge is 0.487 e. The van der Waals surface area contributed by atoms with Crippen molar-refractivity contribution in [2.24, 2.45) is 0 Å². The maximum atomic E-state index is 13.1. The SMILES string of the molecule is [B]c1cc2c(cc1F)OC(COC)C2. The fraction of sp³-hybridized carbons (Fsp3) is 0.400. The van der Waals surface area contributed by atoms with Gasteiger partial charge in [-0.1, -0.05) is 11.5 Å². The van der Waals surface area contributed by atoms with Gasteiger partial charge in [0.15, 0.2) is 0 Å². The third-order valence-electron chi connectivity index (χ3n) is 2.27.